The van der Waals surface area contributed by atoms with E-state index in [1.54, 1.807) is 42.5 Å². The summed E-state index contributed by atoms with van der Waals surface area (Å²) in [5.74, 6) is -3.44. The number of benzene rings is 2. The molecule has 2 aromatic rings. The molecule has 1 N–H and O–H groups in total. The molecule has 0 unspecified atom stereocenters. The number of para-hydroxylation sites is 1. The summed E-state index contributed by atoms with van der Waals surface area (Å²) in [6.45, 7) is 1.53. The van der Waals surface area contributed by atoms with E-state index in [1.165, 1.54) is 19.1 Å². The van der Waals surface area contributed by atoms with Gasteiger partial charge in [0.15, 0.2) is 0 Å². The van der Waals surface area contributed by atoms with Gasteiger partial charge in [-0.2, -0.15) is 5.10 Å². The average molecular weight is 334 g/mol. The predicted octanol–water partition coefficient (Wildman–Crippen LogP) is 1.84. The molecule has 2 aliphatic rings. The monoisotopic (exact) mass is 334 g/mol. The van der Waals surface area contributed by atoms with Crippen LogP contribution in [0.15, 0.2) is 59.7 Å². The molecule has 1 amide bonds. The highest BCUT2D eigenvalue weighted by atomic mass is 16.3. The molecular weight excluding hydrogens is 320 g/mol. The third-order valence-electron chi connectivity index (χ3n) is 4.66. The summed E-state index contributed by atoms with van der Waals surface area (Å²) in [5, 5.41) is 16.3. The van der Waals surface area contributed by atoms with E-state index in [0.717, 1.165) is 5.01 Å². The third kappa shape index (κ3) is 1.94. The van der Waals surface area contributed by atoms with E-state index in [0.29, 0.717) is 5.69 Å². The fourth-order valence-electron chi connectivity index (χ4n) is 3.46. The number of nitrogens with zero attached hydrogens (tertiary/aromatic N) is 2. The van der Waals surface area contributed by atoms with Crippen molar-refractivity contribution in [2.45, 2.75) is 12.5 Å². The van der Waals surface area contributed by atoms with Gasteiger partial charge in [-0.1, -0.05) is 42.5 Å². The fourth-order valence-corrected chi connectivity index (χ4v) is 3.46. The van der Waals surface area contributed by atoms with Crippen LogP contribution in [-0.2, 0) is 4.79 Å². The maximum atomic E-state index is 12.9. The van der Waals surface area contributed by atoms with E-state index in [1.807, 2.05) is 0 Å². The SMILES string of the molecule is CC1=NN(c2ccccc2)C(=O)[C@@H]1C1(O)C(=O)c2ccccc2C1=O. The van der Waals surface area contributed by atoms with Crippen molar-refractivity contribution in [1.82, 2.24) is 0 Å². The minimum atomic E-state index is -2.45. The number of hydrazone groups is 1. The molecule has 0 saturated carbocycles. The fraction of sp³-hybridized carbons (Fsp3) is 0.158. The predicted molar refractivity (Wildman–Crippen MR) is 90.6 cm³/mol. The summed E-state index contributed by atoms with van der Waals surface area (Å²) < 4.78 is 0. The highest BCUT2D eigenvalue weighted by Gasteiger charge is 2.62. The summed E-state index contributed by atoms with van der Waals surface area (Å²) >= 11 is 0. The smallest absolute Gasteiger partial charge is 0.260 e. The normalized spacial score (nSPS) is 21.5. The van der Waals surface area contributed by atoms with Crippen molar-refractivity contribution < 1.29 is 19.5 Å². The van der Waals surface area contributed by atoms with Gasteiger partial charge in [-0.05, 0) is 19.1 Å². The summed E-state index contributed by atoms with van der Waals surface area (Å²) in [4.78, 5) is 38.4. The molecule has 4 rings (SSSR count). The summed E-state index contributed by atoms with van der Waals surface area (Å²) in [5.41, 5.74) is -1.44. The van der Waals surface area contributed by atoms with Crippen LogP contribution in [0.3, 0.4) is 0 Å². The Labute approximate surface area is 143 Å². The van der Waals surface area contributed by atoms with Crippen LogP contribution in [0.1, 0.15) is 27.6 Å². The molecule has 1 atom stereocenters. The van der Waals surface area contributed by atoms with Gasteiger partial charge in [-0.15, -0.1) is 0 Å². The number of anilines is 1. The molecule has 0 spiro atoms. The van der Waals surface area contributed by atoms with E-state index >= 15 is 0 Å². The van der Waals surface area contributed by atoms with E-state index in [9.17, 15) is 19.5 Å². The minimum absolute atomic E-state index is 0.133. The first-order chi connectivity index (χ1) is 12.0. The van der Waals surface area contributed by atoms with Gasteiger partial charge >= 0.3 is 0 Å². The summed E-state index contributed by atoms with van der Waals surface area (Å²) in [7, 11) is 0. The van der Waals surface area contributed by atoms with Gasteiger partial charge in [0, 0.05) is 11.1 Å². The molecule has 1 heterocycles. The standard InChI is InChI=1S/C19H14N2O4/c1-11-15(18(24)21(20-11)12-7-3-2-4-8-12)19(25)16(22)13-9-5-6-10-14(13)17(19)23/h2-10,15,25H,1H3/t15-/m1/s1. The highest BCUT2D eigenvalue weighted by molar-refractivity contribution is 6.37. The molecule has 1 aliphatic heterocycles. The average Bonchev–Trinajstić information content (AvgIpc) is 3.04. The Bertz CT molecular complexity index is 914. The number of ketones is 2. The van der Waals surface area contributed by atoms with Crippen LogP contribution in [0.5, 0.6) is 0 Å². The second-order valence-electron chi connectivity index (χ2n) is 6.13. The Kier molecular flexibility index (Phi) is 3.20. The van der Waals surface area contributed by atoms with E-state index in [2.05, 4.69) is 5.10 Å². The molecule has 0 fully saturated rings. The van der Waals surface area contributed by atoms with Crippen LogP contribution in [0, 0.1) is 5.92 Å². The molecule has 124 valence electrons. The van der Waals surface area contributed by atoms with Crippen molar-refractivity contribution in [1.29, 1.82) is 0 Å². The van der Waals surface area contributed by atoms with E-state index in [-0.39, 0.29) is 16.8 Å². The van der Waals surface area contributed by atoms with Gasteiger partial charge in [-0.3, -0.25) is 14.4 Å². The Morgan fingerprint density at radius 3 is 2.00 bits per heavy atom. The number of amides is 1. The van der Waals surface area contributed by atoms with E-state index in [4.69, 9.17) is 0 Å². The van der Waals surface area contributed by atoms with Crippen molar-refractivity contribution in [2.24, 2.45) is 11.0 Å². The molecule has 0 bridgehead atoms. The minimum Gasteiger partial charge on any atom is -0.373 e. The lowest BCUT2D eigenvalue weighted by molar-refractivity contribution is -0.123. The van der Waals surface area contributed by atoms with Crippen LogP contribution < -0.4 is 5.01 Å². The number of carbonyl (C=O) groups excluding carboxylic acids is 3. The number of hydrogen-bond acceptors (Lipinski definition) is 5. The number of hydrogen-bond donors (Lipinski definition) is 1. The van der Waals surface area contributed by atoms with Gasteiger partial charge in [0.1, 0.15) is 5.92 Å². The number of carbonyl (C=O) groups is 3. The second kappa shape index (κ2) is 5.19. The van der Waals surface area contributed by atoms with Gasteiger partial charge in [0.05, 0.1) is 11.4 Å². The molecule has 0 aromatic heterocycles. The highest BCUT2D eigenvalue weighted by Crippen LogP contribution is 2.39. The van der Waals surface area contributed by atoms with Crippen LogP contribution >= 0.6 is 0 Å². The van der Waals surface area contributed by atoms with Crippen LogP contribution in [0.2, 0.25) is 0 Å². The molecule has 6 nitrogen and oxygen atoms in total. The van der Waals surface area contributed by atoms with Gasteiger partial charge < -0.3 is 5.11 Å². The molecule has 2 aromatic carbocycles. The second-order valence-corrected chi connectivity index (χ2v) is 6.13. The van der Waals surface area contributed by atoms with Crippen LogP contribution in [0.4, 0.5) is 5.69 Å². The molecule has 1 aliphatic carbocycles. The van der Waals surface area contributed by atoms with Gasteiger partial charge in [0.2, 0.25) is 17.2 Å². The molecule has 6 heteroatoms. The third-order valence-corrected chi connectivity index (χ3v) is 4.66. The molecular formula is C19H14N2O4. The van der Waals surface area contributed by atoms with Crippen molar-refractivity contribution in [3.05, 3.63) is 65.7 Å². The number of aliphatic hydroxyl groups is 1. The van der Waals surface area contributed by atoms with Crippen molar-refractivity contribution >= 4 is 28.9 Å². The van der Waals surface area contributed by atoms with Crippen LogP contribution in [0.25, 0.3) is 0 Å². The first kappa shape index (κ1) is 15.4. The van der Waals surface area contributed by atoms with Crippen molar-refractivity contribution in [2.75, 3.05) is 5.01 Å². The lowest BCUT2D eigenvalue weighted by Gasteiger charge is -2.25. The quantitative estimate of drug-likeness (QED) is 0.849. The zero-order chi connectivity index (χ0) is 17.8. The lowest BCUT2D eigenvalue weighted by Crippen LogP contribution is -2.54. The topological polar surface area (TPSA) is 87.0 Å². The van der Waals surface area contributed by atoms with Gasteiger partial charge in [0.25, 0.3) is 5.91 Å². The zero-order valence-electron chi connectivity index (χ0n) is 13.3. The first-order valence-corrected chi connectivity index (χ1v) is 7.81. The Hall–Kier alpha value is -3.12. The zero-order valence-corrected chi connectivity index (χ0v) is 13.3. The van der Waals surface area contributed by atoms with Crippen LogP contribution in [-0.4, -0.2) is 33.9 Å². The van der Waals surface area contributed by atoms with Crippen molar-refractivity contribution in [3.63, 3.8) is 0 Å². The van der Waals surface area contributed by atoms with E-state index < -0.39 is 29.0 Å². The molecule has 25 heavy (non-hydrogen) atoms. The molecule has 0 radical (unpaired) electrons. The van der Waals surface area contributed by atoms with Gasteiger partial charge in [-0.25, -0.2) is 5.01 Å². The Balaban J connectivity index is 1.79. The largest absolute Gasteiger partial charge is 0.373 e. The van der Waals surface area contributed by atoms with Crippen molar-refractivity contribution in [3.8, 4) is 0 Å². The lowest BCUT2D eigenvalue weighted by atomic mass is 9.80. The Morgan fingerprint density at radius 2 is 1.44 bits per heavy atom. The maximum absolute atomic E-state index is 12.9. The first-order valence-electron chi connectivity index (χ1n) is 7.81. The number of rotatable bonds is 2. The summed E-state index contributed by atoms with van der Waals surface area (Å²) in [6, 6.07) is 14.9. The Morgan fingerprint density at radius 1 is 0.920 bits per heavy atom. The maximum Gasteiger partial charge on any atom is 0.260 e. The summed E-state index contributed by atoms with van der Waals surface area (Å²) in [6.07, 6.45) is 0. The number of fused-ring (bicyclic) bond motifs is 1. The molecule has 0 saturated heterocycles. The number of Topliss-reactive ketones (excluding diaryl/α,β-unsaturated/α-hetero) is 2.